The molecule has 5 nitrogen and oxygen atoms in total. The first-order valence-electron chi connectivity index (χ1n) is 6.78. The fourth-order valence-corrected chi connectivity index (χ4v) is 5.12. The summed E-state index contributed by atoms with van der Waals surface area (Å²) in [4.78, 5) is 2.32. The topological polar surface area (TPSA) is 66.6 Å². The van der Waals surface area contributed by atoms with Gasteiger partial charge in [-0.15, -0.1) is 11.3 Å². The van der Waals surface area contributed by atoms with Crippen LogP contribution in [-0.4, -0.2) is 49.3 Å². The Morgan fingerprint density at radius 3 is 2.30 bits per heavy atom. The third-order valence-electron chi connectivity index (χ3n) is 3.65. The highest BCUT2D eigenvalue weighted by Crippen LogP contribution is 2.26. The first kappa shape index (κ1) is 15.9. The van der Waals surface area contributed by atoms with Crippen molar-refractivity contribution in [3.63, 3.8) is 0 Å². The smallest absolute Gasteiger partial charge is 0.252 e. The van der Waals surface area contributed by atoms with Gasteiger partial charge in [-0.25, -0.2) is 8.42 Å². The maximum atomic E-state index is 12.5. The van der Waals surface area contributed by atoms with Crippen LogP contribution in [0.2, 0.25) is 0 Å². The Morgan fingerprint density at radius 2 is 1.85 bits per heavy atom. The maximum Gasteiger partial charge on any atom is 0.252 e. The van der Waals surface area contributed by atoms with E-state index in [0.29, 0.717) is 23.8 Å². The van der Waals surface area contributed by atoms with Crippen LogP contribution in [0.4, 0.5) is 0 Å². The minimum Gasteiger partial charge on any atom is -0.326 e. The average Bonchev–Trinajstić information content (AvgIpc) is 2.87. The van der Waals surface area contributed by atoms with Crippen LogP contribution in [0.1, 0.15) is 26.3 Å². The second-order valence-electron chi connectivity index (χ2n) is 6.04. The highest BCUT2D eigenvalue weighted by molar-refractivity contribution is 7.91. The number of sulfonamides is 1. The van der Waals surface area contributed by atoms with Gasteiger partial charge in [0, 0.05) is 38.3 Å². The quantitative estimate of drug-likeness (QED) is 0.913. The van der Waals surface area contributed by atoms with Crippen LogP contribution in [0.3, 0.4) is 0 Å². The zero-order chi connectivity index (χ0) is 15.0. The molecule has 0 amide bonds. The molecular weight excluding hydrogens is 294 g/mol. The Kier molecular flexibility index (Phi) is 4.56. The van der Waals surface area contributed by atoms with Crippen LogP contribution >= 0.6 is 11.3 Å². The predicted octanol–water partition coefficient (Wildman–Crippen LogP) is 1.31. The molecule has 0 aliphatic carbocycles. The summed E-state index contributed by atoms with van der Waals surface area (Å²) in [6.07, 6.45) is 0. The number of rotatable bonds is 3. The van der Waals surface area contributed by atoms with Crippen molar-refractivity contribution in [2.75, 3.05) is 26.2 Å². The van der Waals surface area contributed by atoms with Crippen molar-refractivity contribution in [3.8, 4) is 0 Å². The second-order valence-corrected chi connectivity index (χ2v) is 9.12. The van der Waals surface area contributed by atoms with Gasteiger partial charge in [0.05, 0.1) is 0 Å². The molecule has 1 fully saturated rings. The molecule has 1 aromatic heterocycles. The Balaban J connectivity index is 2.09. The summed E-state index contributed by atoms with van der Waals surface area (Å²) in [6, 6.07) is 1.69. The van der Waals surface area contributed by atoms with Crippen molar-refractivity contribution in [2.24, 2.45) is 5.73 Å². The highest BCUT2D eigenvalue weighted by Gasteiger charge is 2.32. The van der Waals surface area contributed by atoms with Gasteiger partial charge in [0.15, 0.2) is 0 Å². The van der Waals surface area contributed by atoms with E-state index in [2.05, 4.69) is 25.7 Å². The van der Waals surface area contributed by atoms with Crippen LogP contribution in [0.5, 0.6) is 0 Å². The molecule has 0 spiro atoms. The molecule has 0 radical (unpaired) electrons. The van der Waals surface area contributed by atoms with Crippen LogP contribution in [0.15, 0.2) is 15.7 Å². The first-order chi connectivity index (χ1) is 9.25. The Hall–Kier alpha value is -0.470. The fourth-order valence-electron chi connectivity index (χ4n) is 2.32. The van der Waals surface area contributed by atoms with Crippen LogP contribution < -0.4 is 5.73 Å². The standard InChI is InChI=1S/C13H23N3O2S2/c1-13(2,3)15-4-6-16(7-5-15)20(17,18)12-8-11(9-14)10-19-12/h8,10H,4-7,9,14H2,1-3H3. The lowest BCUT2D eigenvalue weighted by Gasteiger charge is -2.41. The minimum atomic E-state index is -3.35. The monoisotopic (exact) mass is 317 g/mol. The van der Waals surface area contributed by atoms with E-state index in [0.717, 1.165) is 18.7 Å². The molecular formula is C13H23N3O2S2. The van der Waals surface area contributed by atoms with Gasteiger partial charge in [-0.1, -0.05) is 0 Å². The van der Waals surface area contributed by atoms with E-state index < -0.39 is 10.0 Å². The molecule has 1 aliphatic heterocycles. The van der Waals surface area contributed by atoms with Gasteiger partial charge in [-0.2, -0.15) is 4.31 Å². The number of thiophene rings is 1. The largest absolute Gasteiger partial charge is 0.326 e. The molecule has 0 saturated carbocycles. The van der Waals surface area contributed by atoms with Crippen molar-refractivity contribution in [1.82, 2.24) is 9.21 Å². The molecule has 7 heteroatoms. The second kappa shape index (κ2) is 5.73. The average molecular weight is 317 g/mol. The van der Waals surface area contributed by atoms with Gasteiger partial charge in [0.2, 0.25) is 0 Å². The molecule has 114 valence electrons. The van der Waals surface area contributed by atoms with Crippen molar-refractivity contribution < 1.29 is 8.42 Å². The fraction of sp³-hybridized carbons (Fsp3) is 0.692. The maximum absolute atomic E-state index is 12.5. The van der Waals surface area contributed by atoms with E-state index in [1.807, 2.05) is 5.38 Å². The molecule has 0 aromatic carbocycles. The molecule has 1 aliphatic rings. The van der Waals surface area contributed by atoms with Crippen LogP contribution in [0, 0.1) is 0 Å². The molecule has 2 rings (SSSR count). The zero-order valence-corrected chi connectivity index (χ0v) is 13.9. The molecule has 20 heavy (non-hydrogen) atoms. The van der Waals surface area contributed by atoms with E-state index >= 15 is 0 Å². The first-order valence-corrected chi connectivity index (χ1v) is 9.10. The van der Waals surface area contributed by atoms with E-state index in [-0.39, 0.29) is 5.54 Å². The van der Waals surface area contributed by atoms with Crippen LogP contribution in [-0.2, 0) is 16.6 Å². The number of nitrogens with zero attached hydrogens (tertiary/aromatic N) is 2. The molecule has 1 aromatic rings. The lowest BCUT2D eigenvalue weighted by Crippen LogP contribution is -2.54. The van der Waals surface area contributed by atoms with Gasteiger partial charge in [0.1, 0.15) is 4.21 Å². The van der Waals surface area contributed by atoms with Crippen molar-refractivity contribution in [2.45, 2.75) is 37.1 Å². The van der Waals surface area contributed by atoms with E-state index in [1.165, 1.54) is 11.3 Å². The van der Waals surface area contributed by atoms with E-state index in [1.54, 1.807) is 10.4 Å². The van der Waals surface area contributed by atoms with Crippen molar-refractivity contribution in [1.29, 1.82) is 0 Å². The third-order valence-corrected chi connectivity index (χ3v) is 7.01. The van der Waals surface area contributed by atoms with E-state index in [9.17, 15) is 8.42 Å². The lowest BCUT2D eigenvalue weighted by molar-refractivity contribution is 0.0922. The summed E-state index contributed by atoms with van der Waals surface area (Å²) in [5, 5.41) is 1.82. The SMILES string of the molecule is CC(C)(C)N1CCN(S(=O)(=O)c2cc(CN)cs2)CC1. The van der Waals surface area contributed by atoms with Gasteiger partial charge in [-0.3, -0.25) is 4.90 Å². The van der Waals surface area contributed by atoms with Gasteiger partial charge in [-0.05, 0) is 37.8 Å². The zero-order valence-electron chi connectivity index (χ0n) is 12.3. The Morgan fingerprint density at radius 1 is 1.25 bits per heavy atom. The summed E-state index contributed by atoms with van der Waals surface area (Å²) in [5.41, 5.74) is 6.51. The lowest BCUT2D eigenvalue weighted by atomic mass is 10.1. The molecule has 2 heterocycles. The molecule has 1 saturated heterocycles. The molecule has 0 unspecified atom stereocenters. The molecule has 0 bridgehead atoms. The highest BCUT2D eigenvalue weighted by atomic mass is 32.2. The number of piperazine rings is 1. The van der Waals surface area contributed by atoms with Gasteiger partial charge < -0.3 is 5.73 Å². The summed E-state index contributed by atoms with van der Waals surface area (Å²) < 4.78 is 27.1. The number of hydrogen-bond acceptors (Lipinski definition) is 5. The number of hydrogen-bond donors (Lipinski definition) is 1. The summed E-state index contributed by atoms with van der Waals surface area (Å²) in [7, 11) is -3.35. The van der Waals surface area contributed by atoms with Crippen molar-refractivity contribution in [3.05, 3.63) is 17.0 Å². The molecule has 2 N–H and O–H groups in total. The van der Waals surface area contributed by atoms with Gasteiger partial charge >= 0.3 is 0 Å². The minimum absolute atomic E-state index is 0.0888. The molecule has 0 atom stereocenters. The third kappa shape index (κ3) is 3.23. The van der Waals surface area contributed by atoms with Crippen molar-refractivity contribution >= 4 is 21.4 Å². The Bertz CT molecular complexity index is 552. The Labute approximate surface area is 125 Å². The number of nitrogens with two attached hydrogens (primary N) is 1. The van der Waals surface area contributed by atoms with E-state index in [4.69, 9.17) is 5.73 Å². The normalized spacial score (nSPS) is 19.4. The summed E-state index contributed by atoms with van der Waals surface area (Å²) >= 11 is 1.26. The predicted molar refractivity (Wildman–Crippen MR) is 82.3 cm³/mol. The van der Waals surface area contributed by atoms with Crippen LogP contribution in [0.25, 0.3) is 0 Å². The van der Waals surface area contributed by atoms with Gasteiger partial charge in [0.25, 0.3) is 10.0 Å². The summed E-state index contributed by atoms with van der Waals surface area (Å²) in [5.74, 6) is 0. The summed E-state index contributed by atoms with van der Waals surface area (Å²) in [6.45, 7) is 9.50.